The quantitative estimate of drug-likeness (QED) is 0.0117. The minimum atomic E-state index is -3.97. The number of nitrogens with zero attached hydrogens (tertiary/aromatic N) is 5. The Hall–Kier alpha value is -10.2. The van der Waals surface area contributed by atoms with Crippen molar-refractivity contribution in [2.45, 2.75) is 108 Å². The van der Waals surface area contributed by atoms with Gasteiger partial charge in [0.05, 0.1) is 134 Å². The molecule has 0 atom stereocenters. The first-order valence-electron chi connectivity index (χ1n) is 40.9. The Morgan fingerprint density at radius 1 is 0.459 bits per heavy atom. The van der Waals surface area contributed by atoms with Gasteiger partial charge in [0.1, 0.15) is 37.0 Å². The predicted molar refractivity (Wildman–Crippen MR) is 523 cm³/mol. The van der Waals surface area contributed by atoms with Crippen LogP contribution in [0.5, 0.6) is 17.2 Å². The van der Waals surface area contributed by atoms with Crippen LogP contribution in [-0.2, 0) is 82.3 Å². The van der Waals surface area contributed by atoms with Crippen LogP contribution >= 0.6 is 56.0 Å². The number of ether oxygens (including phenoxy) is 8. The van der Waals surface area contributed by atoms with Crippen LogP contribution in [0, 0.1) is 73.6 Å². The zero-order valence-corrected chi connectivity index (χ0v) is 86.1. The Morgan fingerprint density at radius 2 is 0.789 bits per heavy atom. The summed E-state index contributed by atoms with van der Waals surface area (Å²) >= 11 is 4.84. The van der Waals surface area contributed by atoms with Crippen molar-refractivity contribution in [3.8, 4) is 23.3 Å². The van der Waals surface area contributed by atoms with Gasteiger partial charge in [-0.3, -0.25) is 19.0 Å². The van der Waals surface area contributed by atoms with E-state index in [4.69, 9.17) is 60.9 Å². The maximum absolute atomic E-state index is 13.4. The number of benzene rings is 7. The maximum atomic E-state index is 13.4. The van der Waals surface area contributed by atoms with Crippen LogP contribution in [0.15, 0.2) is 181 Å². The molecule has 133 heavy (non-hydrogen) atoms. The number of sulfonamides is 3. The van der Waals surface area contributed by atoms with Gasteiger partial charge < -0.3 is 73.9 Å². The number of nitrogens with two attached hydrogens (primary N) is 2. The van der Waals surface area contributed by atoms with Crippen LogP contribution in [0.25, 0.3) is 4.72 Å². The SMILES string of the molecule is CC#N.COC(=O)c1sccc1N.COC(=O)c1sccc1NS(=O)(=O)c1ccc(OC)cc1.COc1ccc(S(=O)(=O)Nc2ccsc2C(=O)Cc2c(C)cc(C)c(N3CCOCC3)c2C)cc1.COc1ccc(S(=O)(=O)[N-]c2ccsc2C(=O)Cc2c(C)cc(C)c(N3CCOCC3)c2C)cc1.Cc1cc(C)c(N2CCOCC2)c(C)c1N.O=S(=O)(Cl)c1ccc(CO)cc1.[Na+]. The average molecular weight is 2000 g/mol. The van der Waals surface area contributed by atoms with Crippen molar-refractivity contribution >= 4 is 164 Å². The van der Waals surface area contributed by atoms with E-state index in [0.29, 0.717) is 75.2 Å². The van der Waals surface area contributed by atoms with Crippen LogP contribution in [0.3, 0.4) is 0 Å². The fraction of sp³-hybridized carbons (Fsp3) is 0.323. The number of carbonyl (C=O) groups is 4. The molecule has 708 valence electrons. The number of aryl methyl sites for hydroxylation is 6. The molecule has 0 spiro atoms. The summed E-state index contributed by atoms with van der Waals surface area (Å²) in [6, 6.07) is 38.4. The molecule has 3 saturated heterocycles. The van der Waals surface area contributed by atoms with Crippen molar-refractivity contribution in [3.63, 3.8) is 0 Å². The fourth-order valence-corrected chi connectivity index (χ4v) is 21.6. The molecule has 0 radical (unpaired) electrons. The van der Waals surface area contributed by atoms with Gasteiger partial charge >= 0.3 is 41.5 Å². The number of hydrogen-bond donors (Lipinski definition) is 5. The number of carbonyl (C=O) groups excluding carboxylic acids is 4. The molecule has 4 aromatic heterocycles. The number of esters is 2. The number of nitriles is 1. The van der Waals surface area contributed by atoms with Crippen molar-refractivity contribution in [3.05, 3.63) is 252 Å². The number of anilines is 7. The molecular formula is C93H109ClN9NaO21S8. The number of morpholine rings is 3. The first-order chi connectivity index (χ1) is 62.7. The van der Waals surface area contributed by atoms with Crippen molar-refractivity contribution < 1.29 is 125 Å². The standard InChI is InChI=1S/2C26H30N2O5S2.C13H20N2O.C13H13NO5S2.C7H7ClO3S.C6H7NO2S.C2H3N.Na/c2*1-17-15-18(2)25(28-10-12-33-13-11-28)19(3)22(17)16-24(29)26-23(9-14-34-26)27-35(30,31)21-7-5-20(32-4)6-8-21;1-9-8-10(2)13(11(3)12(9)14)15-4-6-16-7-5-15;1-18-9-3-5-10(6-4-9)21(16,17)14-11-7-8-20-12(11)13(15)19-2;8-12(10,11)7-3-1-6(5-9)2-4-7;1-9-6(8)5-4(7)2-3-10-5;1-2-3;/h5-9,14-15H,10-13,16H2,1-4H3,(H,27,29);5-9,14-15,27H,10-13,16H2,1-4H3;8H,4-7,14H2,1-3H3;3-8,14H,1-2H3;1-4,9H,5H2;2-3H,7H2,1H3;1H3;/q;;;;;;;+1/p-1. The molecule has 3 aliphatic rings. The summed E-state index contributed by atoms with van der Waals surface area (Å²) < 4.78 is 147. The third-order valence-electron chi connectivity index (χ3n) is 20.9. The van der Waals surface area contributed by atoms with Crippen molar-refractivity contribution in [1.82, 2.24) is 0 Å². The number of rotatable bonds is 25. The number of halogens is 1. The molecule has 0 aliphatic carbocycles. The van der Waals surface area contributed by atoms with Gasteiger partial charge in [0.25, 0.3) is 29.1 Å². The number of aliphatic hydroxyl groups is 1. The third kappa shape index (κ3) is 30.2. The molecule has 0 bridgehead atoms. The van der Waals surface area contributed by atoms with E-state index in [1.807, 2.05) is 13.8 Å². The monoisotopic (exact) mass is 2000 g/mol. The number of hydrogen-bond acceptors (Lipinski definition) is 31. The van der Waals surface area contributed by atoms with Crippen LogP contribution < -0.4 is 79.4 Å². The Morgan fingerprint density at radius 3 is 1.17 bits per heavy atom. The van der Waals surface area contributed by atoms with Gasteiger partial charge in [-0.15, -0.1) is 51.0 Å². The number of methoxy groups -OCH3 is 5. The summed E-state index contributed by atoms with van der Waals surface area (Å²) in [5, 5.41) is 22.8. The van der Waals surface area contributed by atoms with E-state index in [9.17, 15) is 52.8 Å². The van der Waals surface area contributed by atoms with Crippen LogP contribution in [0.2, 0.25) is 0 Å². The Bertz CT molecular complexity index is 6110. The van der Waals surface area contributed by atoms with Gasteiger partial charge in [0.15, 0.2) is 11.6 Å². The fourth-order valence-electron chi connectivity index (χ4n) is 14.5. The predicted octanol–water partition coefficient (Wildman–Crippen LogP) is 14.2. The zero-order valence-electron chi connectivity index (χ0n) is 76.8. The van der Waals surface area contributed by atoms with Gasteiger partial charge in [-0.2, -0.15) is 5.26 Å². The van der Waals surface area contributed by atoms with Gasteiger partial charge in [-0.05, 0) is 254 Å². The van der Waals surface area contributed by atoms with Gasteiger partial charge in [-0.25, -0.2) is 43.3 Å². The molecule has 11 aromatic rings. The number of thiophene rings is 4. The molecule has 14 rings (SSSR count). The van der Waals surface area contributed by atoms with Gasteiger partial charge in [0.2, 0.25) is 0 Å². The molecule has 3 fully saturated rings. The molecule has 7 aromatic carbocycles. The summed E-state index contributed by atoms with van der Waals surface area (Å²) in [6.45, 7) is 29.6. The molecule has 0 saturated carbocycles. The molecule has 0 amide bonds. The van der Waals surface area contributed by atoms with E-state index < -0.39 is 45.1 Å². The second-order valence-electron chi connectivity index (χ2n) is 29.7. The Labute approximate surface area is 821 Å². The molecule has 30 nitrogen and oxygen atoms in total. The van der Waals surface area contributed by atoms with Crippen LogP contribution in [0.1, 0.15) is 112 Å². The van der Waals surface area contributed by atoms with E-state index >= 15 is 0 Å². The minimum Gasteiger partial charge on any atom is -0.571 e. The second-order valence-corrected chi connectivity index (χ2v) is 40.9. The molecular weight excluding hydrogens is 1890 g/mol. The van der Waals surface area contributed by atoms with Gasteiger partial charge in [0, 0.05) is 92.5 Å². The first-order valence-corrected chi connectivity index (χ1v) is 51.2. The number of Topliss-reactive ketones (excluding diaryl/α,β-unsaturated/α-hetero) is 2. The summed E-state index contributed by atoms with van der Waals surface area (Å²) in [6.07, 6.45) is 0.383. The minimum absolute atomic E-state index is 0. The Balaban J connectivity index is 0.000000228. The van der Waals surface area contributed by atoms with E-state index in [1.165, 1.54) is 177 Å². The average Bonchev–Trinajstić information content (AvgIpc) is 1.38. The largest absolute Gasteiger partial charge is 1.00 e. The first kappa shape index (κ1) is 110. The number of nitrogens with one attached hydrogen (secondary N) is 2. The molecule has 40 heteroatoms. The summed E-state index contributed by atoms with van der Waals surface area (Å²) in [5.41, 5.74) is 30.2. The number of nitrogen functional groups attached to an aromatic ring is 2. The molecule has 0 unspecified atom stereocenters. The topological polar surface area (TPSA) is 423 Å². The Kier molecular flexibility index (Phi) is 42.5. The third-order valence-corrected chi connectivity index (χ3v) is 30.1. The second kappa shape index (κ2) is 51.5. The number of ketones is 2. The van der Waals surface area contributed by atoms with Crippen molar-refractivity contribution in [2.75, 3.05) is 150 Å². The summed E-state index contributed by atoms with van der Waals surface area (Å²) in [5.74, 6) is 0.456. The van der Waals surface area contributed by atoms with Crippen LogP contribution in [-0.4, -0.2) is 177 Å². The molecule has 7 N–H and O–H groups in total. The molecule has 7 heterocycles. The van der Waals surface area contributed by atoms with Crippen molar-refractivity contribution in [2.24, 2.45) is 0 Å². The van der Waals surface area contributed by atoms with E-state index in [0.717, 1.165) is 114 Å². The van der Waals surface area contributed by atoms with E-state index in [-0.39, 0.29) is 102 Å². The van der Waals surface area contributed by atoms with E-state index in [2.05, 4.69) is 105 Å². The molecule has 3 aliphatic heterocycles. The smallest absolute Gasteiger partial charge is 0.571 e. The van der Waals surface area contributed by atoms with Crippen molar-refractivity contribution in [1.29, 1.82) is 5.26 Å². The van der Waals surface area contributed by atoms with Crippen LogP contribution in [0.4, 0.5) is 45.5 Å². The van der Waals surface area contributed by atoms with E-state index in [1.54, 1.807) is 82.2 Å². The summed E-state index contributed by atoms with van der Waals surface area (Å²) in [7, 11) is -3.07. The zero-order chi connectivity index (χ0) is 97.0. The van der Waals surface area contributed by atoms with Gasteiger partial charge in [-0.1, -0.05) is 36.4 Å². The normalized spacial score (nSPS) is 12.9. The summed E-state index contributed by atoms with van der Waals surface area (Å²) in [4.78, 5) is 57.8. The number of aliphatic hydroxyl groups excluding tert-OH is 1. The maximum Gasteiger partial charge on any atom is 1.00 e.